The predicted octanol–water partition coefficient (Wildman–Crippen LogP) is 1.51. The fourth-order valence-electron chi connectivity index (χ4n) is 1.58. The van der Waals surface area contributed by atoms with E-state index >= 15 is 0 Å². The number of likely N-dealkylation sites (tertiary alicyclic amines) is 1. The fraction of sp³-hybridized carbons (Fsp3) is 0.889. The van der Waals surface area contributed by atoms with Gasteiger partial charge in [0.2, 0.25) is 6.41 Å². The summed E-state index contributed by atoms with van der Waals surface area (Å²) < 4.78 is 0. The van der Waals surface area contributed by atoms with E-state index in [1.807, 2.05) is 4.90 Å². The summed E-state index contributed by atoms with van der Waals surface area (Å²) in [7, 11) is 0. The second kappa shape index (κ2) is 2.84. The SMILES string of the molecule is CC(C)C1(C)CCN(C=O)C1. The molecule has 0 radical (unpaired) electrons. The molecule has 0 spiro atoms. The Morgan fingerprint density at radius 1 is 1.55 bits per heavy atom. The zero-order valence-electron chi connectivity index (χ0n) is 7.63. The Balaban J connectivity index is 2.57. The Labute approximate surface area is 68.6 Å². The third-order valence-electron chi connectivity index (χ3n) is 3.08. The molecule has 0 aromatic rings. The lowest BCUT2D eigenvalue weighted by atomic mass is 9.79. The summed E-state index contributed by atoms with van der Waals surface area (Å²) in [5.74, 6) is 0.674. The van der Waals surface area contributed by atoms with Crippen molar-refractivity contribution in [3.63, 3.8) is 0 Å². The second-order valence-corrected chi connectivity index (χ2v) is 4.13. The van der Waals surface area contributed by atoms with Gasteiger partial charge in [0, 0.05) is 13.1 Å². The third-order valence-corrected chi connectivity index (χ3v) is 3.08. The zero-order chi connectivity index (χ0) is 8.48. The molecule has 1 saturated heterocycles. The van der Waals surface area contributed by atoms with Gasteiger partial charge in [-0.2, -0.15) is 0 Å². The molecular formula is C9H17NO. The van der Waals surface area contributed by atoms with Crippen LogP contribution in [0.15, 0.2) is 0 Å². The quantitative estimate of drug-likeness (QED) is 0.553. The van der Waals surface area contributed by atoms with Crippen molar-refractivity contribution in [3.05, 3.63) is 0 Å². The first kappa shape index (κ1) is 8.57. The molecule has 1 aliphatic rings. The van der Waals surface area contributed by atoms with Crippen LogP contribution >= 0.6 is 0 Å². The molecule has 0 saturated carbocycles. The minimum atomic E-state index is 0.362. The van der Waals surface area contributed by atoms with Crippen LogP contribution < -0.4 is 0 Å². The maximum Gasteiger partial charge on any atom is 0.209 e. The highest BCUT2D eigenvalue weighted by Gasteiger charge is 2.35. The number of nitrogens with zero attached hydrogens (tertiary/aromatic N) is 1. The summed E-state index contributed by atoms with van der Waals surface area (Å²) >= 11 is 0. The molecule has 1 heterocycles. The zero-order valence-corrected chi connectivity index (χ0v) is 7.63. The van der Waals surface area contributed by atoms with Gasteiger partial charge in [0.1, 0.15) is 0 Å². The first-order chi connectivity index (χ1) is 5.08. The number of carbonyl (C=O) groups is 1. The van der Waals surface area contributed by atoms with Crippen molar-refractivity contribution in [2.24, 2.45) is 11.3 Å². The summed E-state index contributed by atoms with van der Waals surface area (Å²) in [4.78, 5) is 12.3. The molecular weight excluding hydrogens is 138 g/mol. The molecule has 0 aromatic carbocycles. The maximum absolute atomic E-state index is 10.4. The summed E-state index contributed by atoms with van der Waals surface area (Å²) in [5.41, 5.74) is 0.362. The van der Waals surface area contributed by atoms with E-state index in [1.54, 1.807) is 0 Å². The predicted molar refractivity (Wildman–Crippen MR) is 45.2 cm³/mol. The Morgan fingerprint density at radius 2 is 2.18 bits per heavy atom. The molecule has 64 valence electrons. The molecule has 1 amide bonds. The number of hydrogen-bond acceptors (Lipinski definition) is 1. The molecule has 0 aliphatic carbocycles. The van der Waals surface area contributed by atoms with Gasteiger partial charge in [0.05, 0.1) is 0 Å². The fourth-order valence-corrected chi connectivity index (χ4v) is 1.58. The van der Waals surface area contributed by atoms with Crippen LogP contribution in [0.5, 0.6) is 0 Å². The molecule has 1 aliphatic heterocycles. The van der Waals surface area contributed by atoms with Gasteiger partial charge in [-0.25, -0.2) is 0 Å². The normalized spacial score (nSPS) is 31.5. The molecule has 0 N–H and O–H groups in total. The van der Waals surface area contributed by atoms with Crippen LogP contribution in [-0.4, -0.2) is 24.4 Å². The van der Waals surface area contributed by atoms with Crippen LogP contribution in [0.1, 0.15) is 27.2 Å². The smallest absolute Gasteiger partial charge is 0.209 e. The average molecular weight is 155 g/mol. The van der Waals surface area contributed by atoms with Crippen LogP contribution in [0.2, 0.25) is 0 Å². The number of hydrogen-bond donors (Lipinski definition) is 0. The van der Waals surface area contributed by atoms with E-state index in [1.165, 1.54) is 0 Å². The van der Waals surface area contributed by atoms with Gasteiger partial charge in [0.15, 0.2) is 0 Å². The highest BCUT2D eigenvalue weighted by atomic mass is 16.1. The highest BCUT2D eigenvalue weighted by Crippen LogP contribution is 2.36. The summed E-state index contributed by atoms with van der Waals surface area (Å²) in [6, 6.07) is 0. The van der Waals surface area contributed by atoms with Gasteiger partial charge in [-0.15, -0.1) is 0 Å². The average Bonchev–Trinajstić information content (AvgIpc) is 2.33. The molecule has 1 unspecified atom stereocenters. The van der Waals surface area contributed by atoms with E-state index in [4.69, 9.17) is 0 Å². The van der Waals surface area contributed by atoms with Crippen molar-refractivity contribution < 1.29 is 4.79 Å². The van der Waals surface area contributed by atoms with Crippen molar-refractivity contribution in [3.8, 4) is 0 Å². The summed E-state index contributed by atoms with van der Waals surface area (Å²) in [5, 5.41) is 0. The van der Waals surface area contributed by atoms with Gasteiger partial charge < -0.3 is 4.90 Å². The summed E-state index contributed by atoms with van der Waals surface area (Å²) in [6.07, 6.45) is 2.12. The van der Waals surface area contributed by atoms with Crippen LogP contribution in [0.3, 0.4) is 0 Å². The number of carbonyl (C=O) groups excluding carboxylic acids is 1. The minimum Gasteiger partial charge on any atom is -0.345 e. The van der Waals surface area contributed by atoms with Gasteiger partial charge in [-0.1, -0.05) is 20.8 Å². The maximum atomic E-state index is 10.4. The lowest BCUT2D eigenvalue weighted by Crippen LogP contribution is -2.28. The Kier molecular flexibility index (Phi) is 2.21. The Hall–Kier alpha value is -0.530. The second-order valence-electron chi connectivity index (χ2n) is 4.13. The van der Waals surface area contributed by atoms with Gasteiger partial charge in [0.25, 0.3) is 0 Å². The first-order valence-corrected chi connectivity index (χ1v) is 4.28. The van der Waals surface area contributed by atoms with E-state index in [2.05, 4.69) is 20.8 Å². The monoisotopic (exact) mass is 155 g/mol. The van der Waals surface area contributed by atoms with Crippen molar-refractivity contribution >= 4 is 6.41 Å². The highest BCUT2D eigenvalue weighted by molar-refractivity contribution is 5.47. The molecule has 1 atom stereocenters. The van der Waals surface area contributed by atoms with Crippen molar-refractivity contribution in [1.29, 1.82) is 0 Å². The molecule has 11 heavy (non-hydrogen) atoms. The van der Waals surface area contributed by atoms with E-state index < -0.39 is 0 Å². The van der Waals surface area contributed by atoms with Crippen molar-refractivity contribution in [2.75, 3.05) is 13.1 Å². The van der Waals surface area contributed by atoms with Gasteiger partial charge in [-0.3, -0.25) is 4.79 Å². The molecule has 2 nitrogen and oxygen atoms in total. The van der Waals surface area contributed by atoms with Gasteiger partial charge >= 0.3 is 0 Å². The number of amides is 1. The van der Waals surface area contributed by atoms with Crippen LogP contribution in [0.25, 0.3) is 0 Å². The van der Waals surface area contributed by atoms with Crippen LogP contribution in [0, 0.1) is 11.3 Å². The minimum absolute atomic E-state index is 0.362. The molecule has 1 rings (SSSR count). The lowest BCUT2D eigenvalue weighted by Gasteiger charge is -2.27. The molecule has 0 bridgehead atoms. The molecule has 0 aromatic heterocycles. The molecule has 1 fully saturated rings. The molecule has 2 heteroatoms. The first-order valence-electron chi connectivity index (χ1n) is 4.28. The Morgan fingerprint density at radius 3 is 2.45 bits per heavy atom. The third kappa shape index (κ3) is 1.55. The van der Waals surface area contributed by atoms with E-state index in [0.717, 1.165) is 25.9 Å². The van der Waals surface area contributed by atoms with Crippen LogP contribution in [-0.2, 0) is 4.79 Å². The van der Waals surface area contributed by atoms with Crippen molar-refractivity contribution in [2.45, 2.75) is 27.2 Å². The van der Waals surface area contributed by atoms with Crippen molar-refractivity contribution in [1.82, 2.24) is 4.90 Å². The largest absolute Gasteiger partial charge is 0.345 e. The van der Waals surface area contributed by atoms with Crippen LogP contribution in [0.4, 0.5) is 0 Å². The van der Waals surface area contributed by atoms with Gasteiger partial charge in [-0.05, 0) is 17.8 Å². The number of rotatable bonds is 2. The van der Waals surface area contributed by atoms with E-state index in [0.29, 0.717) is 11.3 Å². The Bertz CT molecular complexity index is 156. The summed E-state index contributed by atoms with van der Waals surface area (Å²) in [6.45, 7) is 8.61. The van der Waals surface area contributed by atoms with E-state index in [9.17, 15) is 4.79 Å². The lowest BCUT2D eigenvalue weighted by molar-refractivity contribution is -0.117. The topological polar surface area (TPSA) is 20.3 Å². The standard InChI is InChI=1S/C9H17NO/c1-8(2)9(3)4-5-10(6-9)7-11/h7-8H,4-6H2,1-3H3. The van der Waals surface area contributed by atoms with E-state index in [-0.39, 0.29) is 0 Å².